The molecule has 0 bridgehead atoms. The zero-order valence-corrected chi connectivity index (χ0v) is 14.6. The summed E-state index contributed by atoms with van der Waals surface area (Å²) in [5, 5.41) is 9.95. The molecule has 0 spiro atoms. The molecule has 3 N–H and O–H groups in total. The van der Waals surface area contributed by atoms with Gasteiger partial charge in [-0.1, -0.05) is 0 Å². The number of carbonyl (C=O) groups is 1. The van der Waals surface area contributed by atoms with Crippen molar-refractivity contribution in [3.8, 4) is 0 Å². The number of aliphatic imine (C=N–C) groups is 1. The molecule has 0 aromatic carbocycles. The molecule has 10 heteroatoms. The van der Waals surface area contributed by atoms with E-state index in [1.807, 2.05) is 20.8 Å². The molecule has 1 rings (SSSR count). The van der Waals surface area contributed by atoms with Crippen molar-refractivity contribution in [2.75, 3.05) is 13.1 Å². The van der Waals surface area contributed by atoms with Gasteiger partial charge in [0.25, 0.3) is 0 Å². The fourth-order valence-corrected chi connectivity index (χ4v) is 2.41. The smallest absolute Gasteiger partial charge is 0.357 e. The lowest BCUT2D eigenvalue weighted by Crippen LogP contribution is -2.40. The number of amides is 1. The zero-order chi connectivity index (χ0) is 18.2. The highest BCUT2D eigenvalue weighted by atomic mass is 32.1. The molecular formula is C14H22F3N5OS. The third-order valence-electron chi connectivity index (χ3n) is 2.65. The van der Waals surface area contributed by atoms with Crippen LogP contribution >= 0.6 is 11.3 Å². The van der Waals surface area contributed by atoms with Gasteiger partial charge >= 0.3 is 6.18 Å². The van der Waals surface area contributed by atoms with E-state index in [0.29, 0.717) is 19.0 Å². The average Bonchev–Trinajstić information content (AvgIpc) is 2.92. The molecule has 1 amide bonds. The van der Waals surface area contributed by atoms with E-state index >= 15 is 0 Å². The van der Waals surface area contributed by atoms with Crippen LogP contribution in [0, 0.1) is 0 Å². The van der Waals surface area contributed by atoms with Gasteiger partial charge < -0.3 is 16.0 Å². The molecule has 1 aromatic rings. The highest BCUT2D eigenvalue weighted by molar-refractivity contribution is 7.09. The zero-order valence-electron chi connectivity index (χ0n) is 13.8. The van der Waals surface area contributed by atoms with Crippen LogP contribution in [-0.2, 0) is 17.5 Å². The van der Waals surface area contributed by atoms with Crippen LogP contribution in [0.25, 0.3) is 0 Å². The van der Waals surface area contributed by atoms with Gasteiger partial charge in [-0.05, 0) is 20.8 Å². The maximum Gasteiger partial charge on any atom is 0.434 e. The first-order valence-corrected chi connectivity index (χ1v) is 8.43. The monoisotopic (exact) mass is 365 g/mol. The summed E-state index contributed by atoms with van der Waals surface area (Å²) in [6.45, 7) is 6.62. The van der Waals surface area contributed by atoms with Crippen molar-refractivity contribution < 1.29 is 18.0 Å². The van der Waals surface area contributed by atoms with Gasteiger partial charge in [-0.15, -0.1) is 11.3 Å². The number of rotatable bonds is 7. The van der Waals surface area contributed by atoms with E-state index in [4.69, 9.17) is 0 Å². The predicted molar refractivity (Wildman–Crippen MR) is 87.8 cm³/mol. The standard InChI is InChI=1S/C14H22F3N5OS/c1-4-18-13(19-6-5-11(23)21-9(2)3)20-7-12-22-10(8-24-12)14(15,16)17/h8-9H,4-7H2,1-3H3,(H,21,23)(H2,18,19,20). The minimum atomic E-state index is -4.44. The SMILES string of the molecule is CCNC(=NCc1nc(C(F)(F)F)cs1)NCCC(=O)NC(C)C. The summed E-state index contributed by atoms with van der Waals surface area (Å²) in [6, 6.07) is 0.0761. The molecule has 0 saturated heterocycles. The Hall–Kier alpha value is -1.84. The fourth-order valence-electron chi connectivity index (χ4n) is 1.69. The Labute approximate surface area is 143 Å². The van der Waals surface area contributed by atoms with Crippen LogP contribution in [0.3, 0.4) is 0 Å². The van der Waals surface area contributed by atoms with Crippen molar-refractivity contribution >= 4 is 23.2 Å². The Balaban J connectivity index is 2.53. The molecule has 0 radical (unpaired) electrons. The molecule has 0 saturated carbocycles. The van der Waals surface area contributed by atoms with E-state index in [9.17, 15) is 18.0 Å². The molecule has 136 valence electrons. The van der Waals surface area contributed by atoms with Crippen LogP contribution in [0.5, 0.6) is 0 Å². The molecule has 0 aliphatic heterocycles. The molecule has 24 heavy (non-hydrogen) atoms. The molecule has 6 nitrogen and oxygen atoms in total. The maximum atomic E-state index is 12.5. The highest BCUT2D eigenvalue weighted by Gasteiger charge is 2.33. The normalized spacial score (nSPS) is 12.4. The van der Waals surface area contributed by atoms with Crippen LogP contribution in [0.15, 0.2) is 10.4 Å². The predicted octanol–water partition coefficient (Wildman–Crippen LogP) is 2.13. The Bertz CT molecular complexity index is 557. The van der Waals surface area contributed by atoms with Gasteiger partial charge in [-0.2, -0.15) is 13.2 Å². The van der Waals surface area contributed by atoms with Crippen molar-refractivity contribution in [1.82, 2.24) is 20.9 Å². The topological polar surface area (TPSA) is 78.4 Å². The van der Waals surface area contributed by atoms with Crippen LogP contribution in [0.2, 0.25) is 0 Å². The quantitative estimate of drug-likeness (QED) is 0.511. The van der Waals surface area contributed by atoms with E-state index in [2.05, 4.69) is 25.9 Å². The van der Waals surface area contributed by atoms with E-state index < -0.39 is 11.9 Å². The number of thiazole rings is 1. The molecule has 0 atom stereocenters. The van der Waals surface area contributed by atoms with E-state index in [1.165, 1.54) is 0 Å². The summed E-state index contributed by atoms with van der Waals surface area (Å²) in [4.78, 5) is 19.2. The number of nitrogens with zero attached hydrogens (tertiary/aromatic N) is 2. The minimum Gasteiger partial charge on any atom is -0.357 e. The van der Waals surface area contributed by atoms with Gasteiger partial charge in [0.2, 0.25) is 5.91 Å². The molecule has 1 heterocycles. The third-order valence-corrected chi connectivity index (χ3v) is 3.49. The molecule has 0 aliphatic rings. The molecule has 1 aromatic heterocycles. The maximum absolute atomic E-state index is 12.5. The van der Waals surface area contributed by atoms with Crippen molar-refractivity contribution in [1.29, 1.82) is 0 Å². The van der Waals surface area contributed by atoms with Crippen LogP contribution in [0.1, 0.15) is 37.9 Å². The lowest BCUT2D eigenvalue weighted by Gasteiger charge is -2.12. The second kappa shape index (κ2) is 9.45. The Morgan fingerprint density at radius 1 is 1.38 bits per heavy atom. The Morgan fingerprint density at radius 3 is 2.62 bits per heavy atom. The second-order valence-corrected chi connectivity index (χ2v) is 6.16. The van der Waals surface area contributed by atoms with Gasteiger partial charge in [-0.25, -0.2) is 9.98 Å². The van der Waals surface area contributed by atoms with Crippen LogP contribution < -0.4 is 16.0 Å². The van der Waals surface area contributed by atoms with Crippen molar-refractivity contribution in [2.24, 2.45) is 4.99 Å². The van der Waals surface area contributed by atoms with Gasteiger partial charge in [0.15, 0.2) is 11.7 Å². The first-order chi connectivity index (χ1) is 11.2. The van der Waals surface area contributed by atoms with Crippen molar-refractivity contribution in [2.45, 2.75) is 46.0 Å². The number of guanidine groups is 1. The lowest BCUT2D eigenvalue weighted by molar-refractivity contribution is -0.140. The molecule has 0 unspecified atom stereocenters. The summed E-state index contributed by atoms with van der Waals surface area (Å²) < 4.78 is 37.5. The third kappa shape index (κ3) is 7.62. The minimum absolute atomic E-state index is 0.0360. The van der Waals surface area contributed by atoms with Crippen LogP contribution in [0.4, 0.5) is 13.2 Å². The average molecular weight is 365 g/mol. The second-order valence-electron chi connectivity index (χ2n) is 5.22. The fraction of sp³-hybridized carbons (Fsp3) is 0.643. The number of hydrogen-bond acceptors (Lipinski definition) is 4. The largest absolute Gasteiger partial charge is 0.434 e. The Kier molecular flexibility index (Phi) is 7.96. The van der Waals surface area contributed by atoms with E-state index in [0.717, 1.165) is 16.7 Å². The van der Waals surface area contributed by atoms with Crippen LogP contribution in [-0.4, -0.2) is 36.0 Å². The molecule has 0 aliphatic carbocycles. The summed E-state index contributed by atoms with van der Waals surface area (Å²) in [7, 11) is 0. The van der Waals surface area contributed by atoms with Gasteiger partial charge in [0.1, 0.15) is 5.01 Å². The first-order valence-electron chi connectivity index (χ1n) is 7.55. The molecular weight excluding hydrogens is 343 g/mol. The van der Waals surface area contributed by atoms with Crippen molar-refractivity contribution in [3.63, 3.8) is 0 Å². The van der Waals surface area contributed by atoms with Gasteiger partial charge in [0.05, 0.1) is 6.54 Å². The number of alkyl halides is 3. The van der Waals surface area contributed by atoms with Gasteiger partial charge in [-0.3, -0.25) is 4.79 Å². The van der Waals surface area contributed by atoms with E-state index in [-0.39, 0.29) is 29.9 Å². The summed E-state index contributed by atoms with van der Waals surface area (Å²) in [6.07, 6.45) is -4.16. The van der Waals surface area contributed by atoms with E-state index in [1.54, 1.807) is 0 Å². The number of carbonyl (C=O) groups excluding carboxylic acids is 1. The molecule has 0 fully saturated rings. The summed E-state index contributed by atoms with van der Waals surface area (Å²) >= 11 is 0.914. The number of hydrogen-bond donors (Lipinski definition) is 3. The van der Waals surface area contributed by atoms with Gasteiger partial charge in [0, 0.05) is 30.9 Å². The lowest BCUT2D eigenvalue weighted by atomic mass is 10.3. The highest BCUT2D eigenvalue weighted by Crippen LogP contribution is 2.30. The summed E-state index contributed by atoms with van der Waals surface area (Å²) in [5.74, 6) is 0.349. The first kappa shape index (κ1) is 20.2. The number of aromatic nitrogens is 1. The van der Waals surface area contributed by atoms with Crippen molar-refractivity contribution in [3.05, 3.63) is 16.1 Å². The number of halogens is 3. The Morgan fingerprint density at radius 2 is 2.08 bits per heavy atom. The number of nitrogens with one attached hydrogen (secondary N) is 3. The summed E-state index contributed by atoms with van der Waals surface area (Å²) in [5.41, 5.74) is -0.902.